The maximum atomic E-state index is 12.0. The van der Waals surface area contributed by atoms with Gasteiger partial charge in [0.2, 0.25) is 15.9 Å². The maximum absolute atomic E-state index is 12.0. The van der Waals surface area contributed by atoms with E-state index < -0.39 is 10.0 Å². The zero-order chi connectivity index (χ0) is 17.6. The minimum atomic E-state index is -3.38. The minimum absolute atomic E-state index is 0.129. The van der Waals surface area contributed by atoms with Crippen LogP contribution in [0.2, 0.25) is 0 Å². The Kier molecular flexibility index (Phi) is 6.16. The van der Waals surface area contributed by atoms with Crippen LogP contribution in [0.3, 0.4) is 0 Å². The average Bonchev–Trinajstić information content (AvgIpc) is 3.01. The highest BCUT2D eigenvalue weighted by molar-refractivity contribution is 7.88. The van der Waals surface area contributed by atoms with Crippen LogP contribution < -0.4 is 5.32 Å². The van der Waals surface area contributed by atoms with E-state index in [1.807, 2.05) is 31.2 Å². The zero-order valence-electron chi connectivity index (χ0n) is 13.9. The van der Waals surface area contributed by atoms with Gasteiger partial charge < -0.3 is 9.73 Å². The molecule has 0 bridgehead atoms. The van der Waals surface area contributed by atoms with E-state index in [4.69, 9.17) is 4.42 Å². The predicted octanol–water partition coefficient (Wildman–Crippen LogP) is 1.71. The number of nitrogens with one attached hydrogen (secondary N) is 1. The van der Waals surface area contributed by atoms with E-state index in [0.29, 0.717) is 5.76 Å². The third-order valence-electron chi connectivity index (χ3n) is 3.68. The molecule has 6 nitrogen and oxygen atoms in total. The Labute approximate surface area is 142 Å². The lowest BCUT2D eigenvalue weighted by Crippen LogP contribution is -2.38. The van der Waals surface area contributed by atoms with Gasteiger partial charge in [-0.05, 0) is 30.2 Å². The van der Waals surface area contributed by atoms with Crippen LogP contribution in [0.5, 0.6) is 0 Å². The normalized spacial score (nSPS) is 11.6. The highest BCUT2D eigenvalue weighted by atomic mass is 32.2. The molecule has 0 spiro atoms. The molecule has 0 saturated carbocycles. The van der Waals surface area contributed by atoms with Gasteiger partial charge in [0.15, 0.2) is 0 Å². The standard InChI is InChI=1S/C17H22N2O4S/c1-14-6-3-4-7-15(14)12-17(20)18-9-10-19(24(2,21)22)13-16-8-5-11-23-16/h3-8,11H,9-10,12-13H2,1-2H3,(H,18,20). The molecule has 2 aromatic rings. The fourth-order valence-corrected chi connectivity index (χ4v) is 3.09. The van der Waals surface area contributed by atoms with Crippen molar-refractivity contribution < 1.29 is 17.6 Å². The van der Waals surface area contributed by atoms with Crippen LogP contribution in [0, 0.1) is 6.92 Å². The van der Waals surface area contributed by atoms with E-state index in [1.54, 1.807) is 12.1 Å². The Morgan fingerprint density at radius 1 is 1.21 bits per heavy atom. The molecule has 7 heteroatoms. The summed E-state index contributed by atoms with van der Waals surface area (Å²) in [6, 6.07) is 11.1. The van der Waals surface area contributed by atoms with Gasteiger partial charge in [-0.2, -0.15) is 4.31 Å². The van der Waals surface area contributed by atoms with Crippen molar-refractivity contribution >= 4 is 15.9 Å². The summed E-state index contributed by atoms with van der Waals surface area (Å²) in [6.45, 7) is 2.55. The minimum Gasteiger partial charge on any atom is -0.468 e. The molecule has 0 fully saturated rings. The van der Waals surface area contributed by atoms with Crippen molar-refractivity contribution in [3.63, 3.8) is 0 Å². The average molecular weight is 350 g/mol. The van der Waals surface area contributed by atoms with Crippen LogP contribution in [0.15, 0.2) is 47.1 Å². The Morgan fingerprint density at radius 3 is 2.58 bits per heavy atom. The highest BCUT2D eigenvalue weighted by Gasteiger charge is 2.18. The summed E-state index contributed by atoms with van der Waals surface area (Å²) in [5.74, 6) is 0.433. The molecule has 130 valence electrons. The van der Waals surface area contributed by atoms with Gasteiger partial charge in [0.05, 0.1) is 25.5 Å². The predicted molar refractivity (Wildman–Crippen MR) is 91.9 cm³/mol. The molecule has 1 aromatic heterocycles. The van der Waals surface area contributed by atoms with E-state index in [9.17, 15) is 13.2 Å². The van der Waals surface area contributed by atoms with E-state index in [2.05, 4.69) is 5.32 Å². The van der Waals surface area contributed by atoms with Gasteiger partial charge in [-0.25, -0.2) is 8.42 Å². The molecule has 1 N–H and O–H groups in total. The first-order valence-electron chi connectivity index (χ1n) is 7.65. The highest BCUT2D eigenvalue weighted by Crippen LogP contribution is 2.09. The number of benzene rings is 1. The van der Waals surface area contributed by atoms with Crippen LogP contribution in [0.4, 0.5) is 0 Å². The van der Waals surface area contributed by atoms with Gasteiger partial charge in [0.1, 0.15) is 5.76 Å². The number of furan rings is 1. The second-order valence-electron chi connectivity index (χ2n) is 5.63. The molecule has 1 aromatic carbocycles. The molecule has 2 rings (SSSR count). The molecule has 1 heterocycles. The van der Waals surface area contributed by atoms with Crippen LogP contribution >= 0.6 is 0 Å². The monoisotopic (exact) mass is 350 g/mol. The lowest BCUT2D eigenvalue weighted by molar-refractivity contribution is -0.120. The van der Waals surface area contributed by atoms with E-state index in [1.165, 1.54) is 10.6 Å². The van der Waals surface area contributed by atoms with Crippen LogP contribution in [0.25, 0.3) is 0 Å². The molecular weight excluding hydrogens is 328 g/mol. The van der Waals surface area contributed by atoms with Crippen molar-refractivity contribution in [1.29, 1.82) is 0 Å². The zero-order valence-corrected chi connectivity index (χ0v) is 14.7. The van der Waals surface area contributed by atoms with Crippen molar-refractivity contribution in [2.75, 3.05) is 19.3 Å². The van der Waals surface area contributed by atoms with Gasteiger partial charge in [-0.15, -0.1) is 0 Å². The molecule has 0 aliphatic carbocycles. The Bertz CT molecular complexity index is 770. The van der Waals surface area contributed by atoms with Crippen molar-refractivity contribution in [2.24, 2.45) is 0 Å². The number of amides is 1. The summed E-state index contributed by atoms with van der Waals surface area (Å²) >= 11 is 0. The number of nitrogens with zero attached hydrogens (tertiary/aromatic N) is 1. The smallest absolute Gasteiger partial charge is 0.224 e. The third kappa shape index (κ3) is 5.50. The fourth-order valence-electron chi connectivity index (χ4n) is 2.30. The molecule has 0 radical (unpaired) electrons. The topological polar surface area (TPSA) is 79.6 Å². The van der Waals surface area contributed by atoms with E-state index in [0.717, 1.165) is 17.4 Å². The number of sulfonamides is 1. The largest absolute Gasteiger partial charge is 0.468 e. The van der Waals surface area contributed by atoms with Crippen molar-refractivity contribution in [3.05, 3.63) is 59.5 Å². The summed E-state index contributed by atoms with van der Waals surface area (Å²) in [5, 5.41) is 2.76. The molecule has 1 amide bonds. The molecule has 0 saturated heterocycles. The third-order valence-corrected chi connectivity index (χ3v) is 4.93. The van der Waals surface area contributed by atoms with E-state index in [-0.39, 0.29) is 32.0 Å². The Hall–Kier alpha value is -2.12. The first-order chi connectivity index (χ1) is 11.4. The number of rotatable bonds is 8. The van der Waals surface area contributed by atoms with Gasteiger partial charge in [-0.1, -0.05) is 24.3 Å². The molecular formula is C17H22N2O4S. The SMILES string of the molecule is Cc1ccccc1CC(=O)NCCN(Cc1ccco1)S(C)(=O)=O. The first-order valence-corrected chi connectivity index (χ1v) is 9.50. The van der Waals surface area contributed by atoms with Crippen LogP contribution in [0.1, 0.15) is 16.9 Å². The summed E-state index contributed by atoms with van der Waals surface area (Å²) in [6.07, 6.45) is 2.93. The summed E-state index contributed by atoms with van der Waals surface area (Å²) in [7, 11) is -3.38. The maximum Gasteiger partial charge on any atom is 0.224 e. The van der Waals surface area contributed by atoms with Gasteiger partial charge in [-0.3, -0.25) is 4.79 Å². The second-order valence-corrected chi connectivity index (χ2v) is 7.61. The summed E-state index contributed by atoms with van der Waals surface area (Å²) in [5.41, 5.74) is 2.02. The lowest BCUT2D eigenvalue weighted by Gasteiger charge is -2.19. The number of carbonyl (C=O) groups is 1. The van der Waals surface area contributed by atoms with Crippen molar-refractivity contribution in [1.82, 2.24) is 9.62 Å². The van der Waals surface area contributed by atoms with Crippen LogP contribution in [-0.4, -0.2) is 38.0 Å². The van der Waals surface area contributed by atoms with Crippen molar-refractivity contribution in [2.45, 2.75) is 19.9 Å². The van der Waals surface area contributed by atoms with E-state index >= 15 is 0 Å². The molecule has 0 unspecified atom stereocenters. The molecule has 0 atom stereocenters. The van der Waals surface area contributed by atoms with Crippen molar-refractivity contribution in [3.8, 4) is 0 Å². The lowest BCUT2D eigenvalue weighted by atomic mass is 10.1. The van der Waals surface area contributed by atoms with Crippen LogP contribution in [-0.2, 0) is 27.8 Å². The Balaban J connectivity index is 1.86. The van der Waals surface area contributed by atoms with Gasteiger partial charge >= 0.3 is 0 Å². The van der Waals surface area contributed by atoms with Gasteiger partial charge in [0.25, 0.3) is 0 Å². The van der Waals surface area contributed by atoms with Gasteiger partial charge in [0, 0.05) is 13.1 Å². The number of carbonyl (C=O) groups excluding carboxylic acids is 1. The second kappa shape index (κ2) is 8.12. The quantitative estimate of drug-likeness (QED) is 0.786. The number of aryl methyl sites for hydroxylation is 1. The Morgan fingerprint density at radius 2 is 1.96 bits per heavy atom. The molecule has 0 aliphatic heterocycles. The first kappa shape index (κ1) is 18.2. The number of hydrogen-bond donors (Lipinski definition) is 1. The number of hydrogen-bond acceptors (Lipinski definition) is 4. The fraction of sp³-hybridized carbons (Fsp3) is 0.353. The molecule has 24 heavy (non-hydrogen) atoms. The summed E-state index contributed by atoms with van der Waals surface area (Å²) < 4.78 is 30.1. The summed E-state index contributed by atoms with van der Waals surface area (Å²) in [4.78, 5) is 12.0. The molecule has 0 aliphatic rings.